The number of hydrogen-bond acceptors (Lipinski definition) is 2. The van der Waals surface area contributed by atoms with Crippen molar-refractivity contribution in [1.82, 2.24) is 4.98 Å². The number of aryl methyl sites for hydroxylation is 1. The molecule has 0 radical (unpaired) electrons. The van der Waals surface area contributed by atoms with Gasteiger partial charge < -0.3 is 0 Å². The van der Waals surface area contributed by atoms with Gasteiger partial charge in [0.15, 0.2) is 5.78 Å². The second kappa shape index (κ2) is 5.32. The van der Waals surface area contributed by atoms with Crippen LogP contribution in [-0.2, 0) is 6.42 Å². The molecule has 1 aromatic carbocycles. The van der Waals surface area contributed by atoms with Gasteiger partial charge in [0.1, 0.15) is 0 Å². The Kier molecular flexibility index (Phi) is 3.71. The molecule has 96 valence electrons. The highest BCUT2D eigenvalue weighted by atomic mass is 127. The van der Waals surface area contributed by atoms with Gasteiger partial charge in [-0.2, -0.15) is 0 Å². The normalized spacial score (nSPS) is 17.3. The van der Waals surface area contributed by atoms with Crippen molar-refractivity contribution >= 4 is 44.3 Å². The van der Waals surface area contributed by atoms with E-state index < -0.39 is 0 Å². The molecule has 1 unspecified atom stereocenters. The van der Waals surface area contributed by atoms with Gasteiger partial charge >= 0.3 is 0 Å². The molecule has 2 aromatic rings. The van der Waals surface area contributed by atoms with Crippen molar-refractivity contribution in [2.45, 2.75) is 18.8 Å². The summed E-state index contributed by atoms with van der Waals surface area (Å²) in [4.78, 5) is 17.1. The first-order valence-electron chi connectivity index (χ1n) is 6.10. The fourth-order valence-electron chi connectivity index (χ4n) is 2.54. The van der Waals surface area contributed by atoms with Gasteiger partial charge in [0.05, 0.1) is 11.6 Å². The van der Waals surface area contributed by atoms with Crippen molar-refractivity contribution in [3.8, 4) is 0 Å². The molecule has 0 amide bonds. The Morgan fingerprint density at radius 2 is 2.21 bits per heavy atom. The zero-order valence-electron chi connectivity index (χ0n) is 10.1. The average molecular weight is 428 g/mol. The number of ketones is 1. The summed E-state index contributed by atoms with van der Waals surface area (Å²) in [6.45, 7) is 0. The van der Waals surface area contributed by atoms with Gasteiger partial charge in [-0.25, -0.2) is 0 Å². The molecule has 0 aliphatic heterocycles. The van der Waals surface area contributed by atoms with Crippen LogP contribution in [0.2, 0.25) is 0 Å². The number of hydrogen-bond donors (Lipinski definition) is 0. The summed E-state index contributed by atoms with van der Waals surface area (Å²) >= 11 is 5.65. The van der Waals surface area contributed by atoms with E-state index in [2.05, 4.69) is 49.6 Å². The van der Waals surface area contributed by atoms with Crippen LogP contribution in [0.25, 0.3) is 0 Å². The van der Waals surface area contributed by atoms with Crippen molar-refractivity contribution < 1.29 is 4.79 Å². The lowest BCUT2D eigenvalue weighted by molar-refractivity contribution is 0.0957. The summed E-state index contributed by atoms with van der Waals surface area (Å²) in [5.74, 6) is 0.0992. The standard InChI is InChI=1S/C15H11BrINO/c16-10-4-6-13(17)12(8-10)15(19)11-5-3-9-2-1-7-18-14(9)11/h1-2,4,6-8,11H,3,5H2. The molecule has 19 heavy (non-hydrogen) atoms. The third-order valence-electron chi connectivity index (χ3n) is 3.47. The minimum atomic E-state index is -0.0842. The van der Waals surface area contributed by atoms with Crippen molar-refractivity contribution in [2.24, 2.45) is 0 Å². The van der Waals surface area contributed by atoms with Gasteiger partial charge in [0, 0.05) is 19.8 Å². The van der Waals surface area contributed by atoms with Crippen LogP contribution in [0, 0.1) is 3.57 Å². The molecule has 0 bridgehead atoms. The second-order valence-electron chi connectivity index (χ2n) is 4.63. The number of halogens is 2. The monoisotopic (exact) mass is 427 g/mol. The number of rotatable bonds is 2. The van der Waals surface area contributed by atoms with Gasteiger partial charge in [-0.1, -0.05) is 22.0 Å². The molecule has 2 nitrogen and oxygen atoms in total. The molecule has 1 heterocycles. The molecular weight excluding hydrogens is 417 g/mol. The highest BCUT2D eigenvalue weighted by Gasteiger charge is 2.31. The van der Waals surface area contributed by atoms with E-state index >= 15 is 0 Å². The van der Waals surface area contributed by atoms with E-state index in [1.54, 1.807) is 6.20 Å². The Morgan fingerprint density at radius 3 is 3.05 bits per heavy atom. The third kappa shape index (κ3) is 2.48. The Labute approximate surface area is 133 Å². The molecule has 0 saturated heterocycles. The van der Waals surface area contributed by atoms with Crippen molar-refractivity contribution in [3.05, 3.63) is 61.4 Å². The van der Waals surface area contributed by atoms with Crippen molar-refractivity contribution in [1.29, 1.82) is 0 Å². The average Bonchev–Trinajstić information content (AvgIpc) is 2.84. The number of carbonyl (C=O) groups excluding carboxylic acids is 1. The van der Waals surface area contributed by atoms with Crippen molar-refractivity contribution in [3.63, 3.8) is 0 Å². The summed E-state index contributed by atoms with van der Waals surface area (Å²) in [6.07, 6.45) is 3.59. The predicted octanol–water partition coefficient (Wildman–Crippen LogP) is 4.36. The second-order valence-corrected chi connectivity index (χ2v) is 6.71. The van der Waals surface area contributed by atoms with Crippen LogP contribution in [0.3, 0.4) is 0 Å². The van der Waals surface area contributed by atoms with Crippen LogP contribution in [0.4, 0.5) is 0 Å². The van der Waals surface area contributed by atoms with Gasteiger partial charge in [-0.3, -0.25) is 9.78 Å². The number of nitrogens with zero attached hydrogens (tertiary/aromatic N) is 1. The van der Waals surface area contributed by atoms with Crippen LogP contribution in [-0.4, -0.2) is 10.8 Å². The molecular formula is C15H11BrINO. The summed E-state index contributed by atoms with van der Waals surface area (Å²) in [7, 11) is 0. The number of fused-ring (bicyclic) bond motifs is 1. The predicted molar refractivity (Wildman–Crippen MR) is 86.5 cm³/mol. The van der Waals surface area contributed by atoms with Crippen LogP contribution in [0.5, 0.6) is 0 Å². The molecule has 0 spiro atoms. The fraction of sp³-hybridized carbons (Fsp3) is 0.200. The Morgan fingerprint density at radius 1 is 1.37 bits per heavy atom. The van der Waals surface area contributed by atoms with Gasteiger partial charge in [0.25, 0.3) is 0 Å². The van der Waals surface area contributed by atoms with E-state index in [4.69, 9.17) is 0 Å². The number of benzene rings is 1. The largest absolute Gasteiger partial charge is 0.293 e. The van der Waals surface area contributed by atoms with E-state index in [-0.39, 0.29) is 11.7 Å². The maximum absolute atomic E-state index is 12.7. The van der Waals surface area contributed by atoms with Crippen LogP contribution < -0.4 is 0 Å². The van der Waals surface area contributed by atoms with E-state index in [1.165, 1.54) is 5.56 Å². The zero-order valence-corrected chi connectivity index (χ0v) is 13.8. The molecule has 0 N–H and O–H groups in total. The Balaban J connectivity index is 2.00. The molecule has 1 aliphatic carbocycles. The maximum atomic E-state index is 12.7. The molecule has 4 heteroatoms. The molecule has 1 atom stereocenters. The lowest BCUT2D eigenvalue weighted by atomic mass is 9.95. The SMILES string of the molecule is O=C(c1cc(Br)ccc1I)C1CCc2cccnc21. The number of carbonyl (C=O) groups is 1. The highest BCUT2D eigenvalue weighted by Crippen LogP contribution is 2.35. The minimum absolute atomic E-state index is 0.0842. The first-order valence-corrected chi connectivity index (χ1v) is 7.97. The number of Topliss-reactive ketones (excluding diaryl/α,β-unsaturated/α-hetero) is 1. The van der Waals surface area contributed by atoms with E-state index in [0.29, 0.717) is 0 Å². The summed E-state index contributed by atoms with van der Waals surface area (Å²) < 4.78 is 1.94. The smallest absolute Gasteiger partial charge is 0.173 e. The molecule has 1 aliphatic rings. The lowest BCUT2D eigenvalue weighted by Gasteiger charge is -2.11. The van der Waals surface area contributed by atoms with E-state index in [1.807, 2.05) is 24.3 Å². The highest BCUT2D eigenvalue weighted by molar-refractivity contribution is 14.1. The van der Waals surface area contributed by atoms with Crippen LogP contribution >= 0.6 is 38.5 Å². The van der Waals surface area contributed by atoms with Gasteiger partial charge in [-0.05, 0) is 65.3 Å². The summed E-state index contributed by atoms with van der Waals surface area (Å²) in [6, 6.07) is 9.84. The van der Waals surface area contributed by atoms with Crippen LogP contribution in [0.15, 0.2) is 41.0 Å². The van der Waals surface area contributed by atoms with Crippen LogP contribution in [0.1, 0.15) is 34.0 Å². The summed E-state index contributed by atoms with van der Waals surface area (Å²) in [5.41, 5.74) is 2.97. The molecule has 1 aromatic heterocycles. The van der Waals surface area contributed by atoms with E-state index in [0.717, 1.165) is 32.1 Å². The summed E-state index contributed by atoms with van der Waals surface area (Å²) in [5, 5.41) is 0. The number of aromatic nitrogens is 1. The molecule has 3 rings (SSSR count). The van der Waals surface area contributed by atoms with E-state index in [9.17, 15) is 4.79 Å². The Bertz CT molecular complexity index is 656. The fourth-order valence-corrected chi connectivity index (χ4v) is 3.50. The minimum Gasteiger partial charge on any atom is -0.293 e. The van der Waals surface area contributed by atoms with Gasteiger partial charge in [-0.15, -0.1) is 0 Å². The lowest BCUT2D eigenvalue weighted by Crippen LogP contribution is -2.12. The molecule has 0 saturated carbocycles. The van der Waals surface area contributed by atoms with Crippen molar-refractivity contribution in [2.75, 3.05) is 0 Å². The Hall–Kier alpha value is -0.750. The zero-order chi connectivity index (χ0) is 13.4. The first-order chi connectivity index (χ1) is 9.16. The molecule has 0 fully saturated rings. The third-order valence-corrected chi connectivity index (χ3v) is 4.90. The first kappa shape index (κ1) is 13.2. The number of pyridine rings is 1. The van der Waals surface area contributed by atoms with Gasteiger partial charge in [0.2, 0.25) is 0 Å². The maximum Gasteiger partial charge on any atom is 0.173 e. The topological polar surface area (TPSA) is 30.0 Å². The quantitative estimate of drug-likeness (QED) is 0.526.